The van der Waals surface area contributed by atoms with Crippen LogP contribution in [0.3, 0.4) is 0 Å². The summed E-state index contributed by atoms with van der Waals surface area (Å²) in [6.45, 7) is 9.96. The molecule has 0 bridgehead atoms. The van der Waals surface area contributed by atoms with Gasteiger partial charge in [-0.1, -0.05) is 50.0 Å². The molecule has 2 aromatic carbocycles. The first kappa shape index (κ1) is 33.4. The first-order valence-corrected chi connectivity index (χ1v) is 17.9. The average Bonchev–Trinajstić information content (AvgIpc) is 2.83. The van der Waals surface area contributed by atoms with Gasteiger partial charge in [0.2, 0.25) is 0 Å². The number of anilines is 1. The third kappa shape index (κ3) is 12.5. The lowest BCUT2D eigenvalue weighted by atomic mass is 10.2. The summed E-state index contributed by atoms with van der Waals surface area (Å²) >= 11 is 0. The number of nitrogens with one attached hydrogen (secondary N) is 1. The van der Waals surface area contributed by atoms with Crippen molar-refractivity contribution in [3.63, 3.8) is 0 Å². The number of rotatable bonds is 14. The number of aliphatic carboxylic acids is 1. The highest BCUT2D eigenvalue weighted by Gasteiger charge is 2.31. The van der Waals surface area contributed by atoms with E-state index in [9.17, 15) is 27.9 Å². The second-order valence-corrected chi connectivity index (χ2v) is 18.4. The van der Waals surface area contributed by atoms with Crippen molar-refractivity contribution in [2.24, 2.45) is 0 Å². The lowest BCUT2D eigenvalue weighted by Crippen LogP contribution is -2.47. The Labute approximate surface area is 241 Å². The number of hydrogen-bond acceptors (Lipinski definition) is 9. The van der Waals surface area contributed by atoms with Gasteiger partial charge in [0, 0.05) is 14.1 Å². The second kappa shape index (κ2) is 14.2. The van der Waals surface area contributed by atoms with E-state index >= 15 is 0 Å². The van der Waals surface area contributed by atoms with Crippen molar-refractivity contribution < 1.29 is 46.9 Å². The Kier molecular flexibility index (Phi) is 11.6. The molecule has 2 rings (SSSR count). The molecule has 2 aromatic rings. The largest absolute Gasteiger partial charge is 0.487 e. The number of amides is 1. The second-order valence-electron chi connectivity index (χ2n) is 11.2. The molecule has 1 amide bonds. The van der Waals surface area contributed by atoms with Gasteiger partial charge in [-0.3, -0.25) is 4.79 Å². The molecule has 41 heavy (non-hydrogen) atoms. The third-order valence-corrected chi connectivity index (χ3v) is 8.12. The summed E-state index contributed by atoms with van der Waals surface area (Å²) in [7, 11) is -6.16. The van der Waals surface area contributed by atoms with Crippen LogP contribution in [0, 0.1) is 0 Å². The van der Waals surface area contributed by atoms with Crippen molar-refractivity contribution in [3.8, 4) is 11.5 Å². The maximum Gasteiger partial charge on any atom is 0.422 e. The van der Waals surface area contributed by atoms with Gasteiger partial charge in [0.05, 0.1) is 12.3 Å². The number of carbonyl (C=O) groups is 3. The third-order valence-electron chi connectivity index (χ3n) is 5.09. The molecule has 0 fully saturated rings. The summed E-state index contributed by atoms with van der Waals surface area (Å²) in [5, 5.41) is 9.48. The Hall–Kier alpha value is -3.78. The quantitative estimate of drug-likeness (QED) is 0.235. The lowest BCUT2D eigenvalue weighted by molar-refractivity contribution is -0.145. The number of carboxylic acids is 1. The van der Waals surface area contributed by atoms with Crippen LogP contribution in [0.25, 0.3) is 0 Å². The first-order chi connectivity index (χ1) is 18.9. The van der Waals surface area contributed by atoms with Crippen molar-refractivity contribution in [1.29, 1.82) is 0 Å². The molecule has 0 aliphatic rings. The number of carbonyl (C=O) groups excluding carboxylic acids is 2. The standard InChI is InChI=1S/C27H38N2O10SSi/c1-27(2,3)39-26(33)28-40(34,35)29(17-24(30)31)22-13-12-21(37-19-25(32)36-14-15-41(4,5)6)16-23(22)38-18-20-10-8-7-9-11-20/h7-13,16H,14-15,17-19H2,1-6H3,(H,28,33)(H,30,31). The van der Waals surface area contributed by atoms with Crippen molar-refractivity contribution in [2.75, 3.05) is 24.1 Å². The minimum atomic E-state index is -4.77. The van der Waals surface area contributed by atoms with Gasteiger partial charge in [0.1, 0.15) is 30.3 Å². The summed E-state index contributed by atoms with van der Waals surface area (Å²) in [5.41, 5.74) is -0.449. The van der Waals surface area contributed by atoms with E-state index in [0.29, 0.717) is 4.31 Å². The van der Waals surface area contributed by atoms with Crippen LogP contribution in [0.15, 0.2) is 48.5 Å². The molecule has 0 aliphatic carbocycles. The predicted molar refractivity (Wildman–Crippen MR) is 155 cm³/mol. The number of nitrogens with zero attached hydrogens (tertiary/aromatic N) is 1. The molecule has 0 aliphatic heterocycles. The van der Waals surface area contributed by atoms with Gasteiger partial charge in [-0.2, -0.15) is 8.42 Å². The Balaban J connectivity index is 2.35. The molecular weight excluding hydrogens is 572 g/mol. The summed E-state index contributed by atoms with van der Waals surface area (Å²) in [4.78, 5) is 36.1. The van der Waals surface area contributed by atoms with Crippen molar-refractivity contribution >= 4 is 42.0 Å². The molecule has 0 saturated heterocycles. The van der Waals surface area contributed by atoms with Crippen LogP contribution in [0.1, 0.15) is 26.3 Å². The van der Waals surface area contributed by atoms with Gasteiger partial charge < -0.3 is 24.1 Å². The summed E-state index contributed by atoms with van der Waals surface area (Å²) < 4.78 is 50.2. The normalized spacial score (nSPS) is 11.8. The van der Waals surface area contributed by atoms with E-state index in [2.05, 4.69) is 19.6 Å². The molecule has 2 N–H and O–H groups in total. The molecule has 0 heterocycles. The first-order valence-electron chi connectivity index (χ1n) is 12.8. The smallest absolute Gasteiger partial charge is 0.422 e. The molecule has 12 nitrogen and oxygen atoms in total. The maximum atomic E-state index is 13.2. The minimum absolute atomic E-state index is 0.00349. The molecule has 0 saturated carbocycles. The van der Waals surface area contributed by atoms with Crippen LogP contribution >= 0.6 is 0 Å². The van der Waals surface area contributed by atoms with Crippen LogP contribution in [0.5, 0.6) is 11.5 Å². The van der Waals surface area contributed by atoms with Crippen molar-refractivity contribution in [3.05, 3.63) is 54.1 Å². The van der Waals surface area contributed by atoms with Crippen LogP contribution in [0.2, 0.25) is 25.7 Å². The zero-order chi connectivity index (χ0) is 30.8. The minimum Gasteiger partial charge on any atom is -0.487 e. The van der Waals surface area contributed by atoms with Gasteiger partial charge in [0.25, 0.3) is 0 Å². The molecule has 0 aromatic heterocycles. The van der Waals surface area contributed by atoms with E-state index in [1.807, 2.05) is 6.07 Å². The fourth-order valence-electron chi connectivity index (χ4n) is 3.18. The van der Waals surface area contributed by atoms with Gasteiger partial charge >= 0.3 is 28.2 Å². The highest BCUT2D eigenvalue weighted by atomic mass is 32.2. The number of ether oxygens (including phenoxy) is 4. The number of hydrogen-bond donors (Lipinski definition) is 2. The van der Waals surface area contributed by atoms with E-state index in [4.69, 9.17) is 18.9 Å². The van der Waals surface area contributed by atoms with E-state index in [-0.39, 0.29) is 30.4 Å². The highest BCUT2D eigenvalue weighted by Crippen LogP contribution is 2.34. The summed E-state index contributed by atoms with van der Waals surface area (Å²) in [5.74, 6) is -1.99. The monoisotopic (exact) mass is 610 g/mol. The van der Waals surface area contributed by atoms with Gasteiger partial charge in [-0.25, -0.2) is 18.6 Å². The Morgan fingerprint density at radius 2 is 1.66 bits per heavy atom. The molecule has 14 heteroatoms. The zero-order valence-corrected chi connectivity index (χ0v) is 25.9. The number of esters is 1. The highest BCUT2D eigenvalue weighted by molar-refractivity contribution is 7.91. The van der Waals surface area contributed by atoms with E-state index in [0.717, 1.165) is 11.6 Å². The SMILES string of the molecule is CC(C)(C)OC(=O)NS(=O)(=O)N(CC(=O)O)c1ccc(OCC(=O)OCC[Si](C)(C)C)cc1OCc1ccccc1. The molecular formula is C27H38N2O10SSi. The lowest BCUT2D eigenvalue weighted by Gasteiger charge is -2.26. The molecule has 0 atom stereocenters. The van der Waals surface area contributed by atoms with Gasteiger partial charge in [-0.05, 0) is 44.5 Å². The van der Waals surface area contributed by atoms with Crippen LogP contribution in [-0.4, -0.2) is 65.0 Å². The summed E-state index contributed by atoms with van der Waals surface area (Å²) in [6, 6.07) is 13.7. The topological polar surface area (TPSA) is 158 Å². The Morgan fingerprint density at radius 3 is 2.24 bits per heavy atom. The maximum absolute atomic E-state index is 13.2. The summed E-state index contributed by atoms with van der Waals surface area (Å²) in [6.07, 6.45) is -1.28. The van der Waals surface area contributed by atoms with Crippen LogP contribution in [0.4, 0.5) is 10.5 Å². The van der Waals surface area contributed by atoms with Crippen molar-refractivity contribution in [1.82, 2.24) is 4.72 Å². The van der Waals surface area contributed by atoms with Crippen molar-refractivity contribution in [2.45, 2.75) is 58.7 Å². The number of benzene rings is 2. The zero-order valence-electron chi connectivity index (χ0n) is 24.1. The molecule has 226 valence electrons. The van der Waals surface area contributed by atoms with E-state index < -0.39 is 55.1 Å². The fraction of sp³-hybridized carbons (Fsp3) is 0.444. The molecule has 0 unspecified atom stereocenters. The van der Waals surface area contributed by atoms with Gasteiger partial charge in [-0.15, -0.1) is 0 Å². The Bertz CT molecular complexity index is 1310. The Morgan fingerprint density at radius 1 is 1.00 bits per heavy atom. The van der Waals surface area contributed by atoms with Gasteiger partial charge in [0.15, 0.2) is 6.61 Å². The fourth-order valence-corrected chi connectivity index (χ4v) is 4.95. The predicted octanol–water partition coefficient (Wildman–Crippen LogP) is 4.19. The van der Waals surface area contributed by atoms with Crippen LogP contribution in [-0.2, 0) is 35.9 Å². The molecule has 0 spiro atoms. The molecule has 0 radical (unpaired) electrons. The van der Waals surface area contributed by atoms with E-state index in [1.165, 1.54) is 18.2 Å². The average molecular weight is 611 g/mol. The van der Waals surface area contributed by atoms with Crippen LogP contribution < -0.4 is 18.5 Å². The number of carboxylic acid groups (broad SMARTS) is 1. The van der Waals surface area contributed by atoms with E-state index in [1.54, 1.807) is 49.8 Å².